The molecule has 0 radical (unpaired) electrons. The maximum atomic E-state index is 13.2. The largest absolute Gasteiger partial charge is 0.481 e. The Bertz CT molecular complexity index is 479. The topological polar surface area (TPSA) is 78.4 Å². The van der Waals surface area contributed by atoms with Gasteiger partial charge in [-0.15, -0.1) is 0 Å². The highest BCUT2D eigenvalue weighted by molar-refractivity contribution is 7.80. The smallest absolute Gasteiger partial charge is 0.305 e. The molecule has 0 saturated carbocycles. The first-order valence-corrected chi connectivity index (χ1v) is 5.47. The molecule has 5 nitrogen and oxygen atoms in total. The van der Waals surface area contributed by atoms with Gasteiger partial charge in [0.25, 0.3) is 5.91 Å². The van der Waals surface area contributed by atoms with Crippen LogP contribution in [0, 0.1) is 5.82 Å². The van der Waals surface area contributed by atoms with E-state index >= 15 is 0 Å². The van der Waals surface area contributed by atoms with Crippen LogP contribution < -0.4 is 10.6 Å². The predicted molar refractivity (Wildman–Crippen MR) is 66.7 cm³/mol. The van der Waals surface area contributed by atoms with Gasteiger partial charge in [0.2, 0.25) is 0 Å². The number of aliphatic carboxylic acids is 1. The highest BCUT2D eigenvalue weighted by atomic mass is 32.1. The Balaban J connectivity index is 2.48. The fourth-order valence-electron chi connectivity index (χ4n) is 1.14. The molecule has 0 saturated heterocycles. The number of rotatable bonds is 4. The Labute approximate surface area is 108 Å². The minimum absolute atomic E-state index is 0.0375. The van der Waals surface area contributed by atoms with Gasteiger partial charge in [0, 0.05) is 6.54 Å². The molecular formula is C11H11FN2O3S. The first kappa shape index (κ1) is 14.0. The molecule has 1 amide bonds. The number of hydrogen-bond acceptors (Lipinski definition) is 3. The van der Waals surface area contributed by atoms with E-state index < -0.39 is 17.7 Å². The molecule has 0 bridgehead atoms. The number of thiocarbonyl (C=S) groups is 1. The van der Waals surface area contributed by atoms with Gasteiger partial charge >= 0.3 is 5.97 Å². The van der Waals surface area contributed by atoms with E-state index in [0.717, 1.165) is 6.07 Å². The summed E-state index contributed by atoms with van der Waals surface area (Å²) < 4.78 is 13.2. The number of benzene rings is 1. The summed E-state index contributed by atoms with van der Waals surface area (Å²) in [5.74, 6) is -2.31. The zero-order valence-corrected chi connectivity index (χ0v) is 10.1. The van der Waals surface area contributed by atoms with Crippen LogP contribution in [0.3, 0.4) is 0 Å². The molecular weight excluding hydrogens is 259 g/mol. The van der Waals surface area contributed by atoms with Crippen molar-refractivity contribution in [3.05, 3.63) is 35.6 Å². The molecule has 0 fully saturated rings. The molecule has 0 aliphatic carbocycles. The van der Waals surface area contributed by atoms with Crippen molar-refractivity contribution in [2.24, 2.45) is 0 Å². The van der Waals surface area contributed by atoms with Gasteiger partial charge in [0.1, 0.15) is 5.82 Å². The van der Waals surface area contributed by atoms with E-state index in [4.69, 9.17) is 17.3 Å². The van der Waals surface area contributed by atoms with Gasteiger partial charge in [-0.05, 0) is 24.4 Å². The van der Waals surface area contributed by atoms with Crippen molar-refractivity contribution < 1.29 is 19.1 Å². The van der Waals surface area contributed by atoms with Crippen LogP contribution in [0.2, 0.25) is 0 Å². The van der Waals surface area contributed by atoms with Gasteiger partial charge in [-0.2, -0.15) is 0 Å². The predicted octanol–water partition coefficient (Wildman–Crippen LogP) is 0.905. The summed E-state index contributed by atoms with van der Waals surface area (Å²) in [6, 6.07) is 5.48. The van der Waals surface area contributed by atoms with Crippen molar-refractivity contribution in [2.75, 3.05) is 6.54 Å². The minimum Gasteiger partial charge on any atom is -0.481 e. The molecule has 1 aromatic rings. The molecule has 0 atom stereocenters. The van der Waals surface area contributed by atoms with Crippen molar-refractivity contribution in [3.63, 3.8) is 0 Å². The lowest BCUT2D eigenvalue weighted by Gasteiger charge is -2.08. The summed E-state index contributed by atoms with van der Waals surface area (Å²) in [5, 5.41) is 13.2. The second kappa shape index (κ2) is 6.65. The number of carboxylic acid groups (broad SMARTS) is 1. The van der Waals surface area contributed by atoms with E-state index in [1.807, 2.05) is 0 Å². The van der Waals surface area contributed by atoms with Gasteiger partial charge in [0.15, 0.2) is 5.11 Å². The lowest BCUT2D eigenvalue weighted by atomic mass is 10.2. The van der Waals surface area contributed by atoms with Crippen LogP contribution in [-0.2, 0) is 4.79 Å². The number of carbonyl (C=O) groups is 2. The zero-order valence-electron chi connectivity index (χ0n) is 9.27. The normalized spacial score (nSPS) is 9.61. The monoisotopic (exact) mass is 270 g/mol. The second-order valence-corrected chi connectivity index (χ2v) is 3.74. The van der Waals surface area contributed by atoms with Gasteiger partial charge in [-0.25, -0.2) is 4.39 Å². The molecule has 0 aliphatic heterocycles. The molecule has 0 aromatic heterocycles. The van der Waals surface area contributed by atoms with Crippen LogP contribution in [-0.4, -0.2) is 28.6 Å². The first-order chi connectivity index (χ1) is 8.50. The number of carbonyl (C=O) groups excluding carboxylic acids is 1. The molecule has 3 N–H and O–H groups in total. The molecule has 0 unspecified atom stereocenters. The zero-order chi connectivity index (χ0) is 13.5. The van der Waals surface area contributed by atoms with E-state index in [-0.39, 0.29) is 23.6 Å². The van der Waals surface area contributed by atoms with Crippen LogP contribution in [0.25, 0.3) is 0 Å². The average molecular weight is 270 g/mol. The van der Waals surface area contributed by atoms with Gasteiger partial charge in [0.05, 0.1) is 12.0 Å². The van der Waals surface area contributed by atoms with Crippen LogP contribution >= 0.6 is 12.2 Å². The van der Waals surface area contributed by atoms with Crippen LogP contribution in [0.1, 0.15) is 16.8 Å². The summed E-state index contributed by atoms with van der Waals surface area (Å²) in [6.45, 7) is 0.0890. The molecule has 0 heterocycles. The minimum atomic E-state index is -0.981. The number of amides is 1. The van der Waals surface area contributed by atoms with Gasteiger partial charge in [-0.3, -0.25) is 14.9 Å². The molecule has 1 rings (SSSR count). The summed E-state index contributed by atoms with van der Waals surface area (Å²) in [6.07, 6.45) is -0.129. The SMILES string of the molecule is O=C(O)CCNC(=S)NC(=O)c1ccccc1F. The molecule has 1 aromatic carbocycles. The second-order valence-electron chi connectivity index (χ2n) is 3.33. The molecule has 0 spiro atoms. The number of halogens is 1. The van der Waals surface area contributed by atoms with Crippen LogP contribution in [0.4, 0.5) is 4.39 Å². The highest BCUT2D eigenvalue weighted by Crippen LogP contribution is 2.05. The van der Waals surface area contributed by atoms with E-state index in [9.17, 15) is 14.0 Å². The number of hydrogen-bond donors (Lipinski definition) is 3. The van der Waals surface area contributed by atoms with E-state index in [2.05, 4.69) is 10.6 Å². The number of carboxylic acids is 1. The van der Waals surface area contributed by atoms with E-state index in [1.54, 1.807) is 0 Å². The van der Waals surface area contributed by atoms with Gasteiger partial charge < -0.3 is 10.4 Å². The van der Waals surface area contributed by atoms with Crippen LogP contribution in [0.5, 0.6) is 0 Å². The third-order valence-electron chi connectivity index (χ3n) is 1.97. The fourth-order valence-corrected chi connectivity index (χ4v) is 1.34. The molecule has 7 heteroatoms. The first-order valence-electron chi connectivity index (χ1n) is 5.06. The standard InChI is InChI=1S/C11H11FN2O3S/c12-8-4-2-1-3-7(8)10(17)14-11(18)13-6-5-9(15)16/h1-4H,5-6H2,(H,15,16)(H2,13,14,17,18). The Morgan fingerprint density at radius 3 is 2.61 bits per heavy atom. The Morgan fingerprint density at radius 2 is 2.00 bits per heavy atom. The Kier molecular flexibility index (Phi) is 5.19. The Morgan fingerprint density at radius 1 is 1.33 bits per heavy atom. The van der Waals surface area contributed by atoms with Gasteiger partial charge in [-0.1, -0.05) is 12.1 Å². The van der Waals surface area contributed by atoms with Crippen molar-refractivity contribution in [3.8, 4) is 0 Å². The highest BCUT2D eigenvalue weighted by Gasteiger charge is 2.11. The fraction of sp³-hybridized carbons (Fsp3) is 0.182. The molecule has 18 heavy (non-hydrogen) atoms. The Hall–Kier alpha value is -2.02. The lowest BCUT2D eigenvalue weighted by Crippen LogP contribution is -2.40. The summed E-state index contributed by atoms with van der Waals surface area (Å²) in [7, 11) is 0. The van der Waals surface area contributed by atoms with Crippen molar-refractivity contribution in [1.29, 1.82) is 0 Å². The maximum Gasteiger partial charge on any atom is 0.305 e. The van der Waals surface area contributed by atoms with E-state index in [0.29, 0.717) is 0 Å². The third kappa shape index (κ3) is 4.46. The summed E-state index contributed by atoms with van der Waals surface area (Å²) in [5.41, 5.74) is -0.125. The van der Waals surface area contributed by atoms with Crippen molar-refractivity contribution in [1.82, 2.24) is 10.6 Å². The van der Waals surface area contributed by atoms with Crippen molar-refractivity contribution >= 4 is 29.2 Å². The van der Waals surface area contributed by atoms with Crippen molar-refractivity contribution in [2.45, 2.75) is 6.42 Å². The van der Waals surface area contributed by atoms with Crippen LogP contribution in [0.15, 0.2) is 24.3 Å². The quantitative estimate of drug-likeness (QED) is 0.709. The summed E-state index contributed by atoms with van der Waals surface area (Å²) in [4.78, 5) is 21.8. The molecule has 0 aliphatic rings. The average Bonchev–Trinajstić information content (AvgIpc) is 2.28. The lowest BCUT2D eigenvalue weighted by molar-refractivity contribution is -0.136. The molecule has 96 valence electrons. The summed E-state index contributed by atoms with van der Waals surface area (Å²) >= 11 is 4.77. The number of nitrogens with one attached hydrogen (secondary N) is 2. The maximum absolute atomic E-state index is 13.2. The van der Waals surface area contributed by atoms with E-state index in [1.165, 1.54) is 18.2 Å². The third-order valence-corrected chi connectivity index (χ3v) is 2.22.